The van der Waals surface area contributed by atoms with Crippen LogP contribution in [0.25, 0.3) is 10.2 Å². The summed E-state index contributed by atoms with van der Waals surface area (Å²) < 4.78 is 43.5. The number of aromatic nitrogens is 3. The van der Waals surface area contributed by atoms with Crippen molar-refractivity contribution in [2.24, 2.45) is 0 Å². The van der Waals surface area contributed by atoms with Crippen LogP contribution in [-0.2, 0) is 6.54 Å². The molecule has 1 fully saturated rings. The monoisotopic (exact) mass is 425 g/mol. The first-order chi connectivity index (χ1) is 13.8. The van der Waals surface area contributed by atoms with Crippen LogP contribution in [0.3, 0.4) is 0 Å². The lowest BCUT2D eigenvalue weighted by Gasteiger charge is -2.34. The molecule has 154 valence electrons. The SMILES string of the molecule is CCn1ccc(C(=O)N2CCN(c3nc4ccc(OC(F)(F)F)cc4s3)CC2)n1. The van der Waals surface area contributed by atoms with E-state index in [0.717, 1.165) is 0 Å². The highest BCUT2D eigenvalue weighted by molar-refractivity contribution is 7.22. The van der Waals surface area contributed by atoms with Gasteiger partial charge in [0.2, 0.25) is 0 Å². The molecule has 1 saturated heterocycles. The lowest BCUT2D eigenvalue weighted by molar-refractivity contribution is -0.274. The average molecular weight is 425 g/mol. The van der Waals surface area contributed by atoms with Crippen molar-refractivity contribution >= 4 is 32.6 Å². The van der Waals surface area contributed by atoms with Gasteiger partial charge in [0.05, 0.1) is 10.2 Å². The van der Waals surface area contributed by atoms with E-state index >= 15 is 0 Å². The molecule has 29 heavy (non-hydrogen) atoms. The highest BCUT2D eigenvalue weighted by Gasteiger charge is 2.31. The topological polar surface area (TPSA) is 63.5 Å². The van der Waals surface area contributed by atoms with Crippen LogP contribution in [0.2, 0.25) is 0 Å². The van der Waals surface area contributed by atoms with Gasteiger partial charge in [0.25, 0.3) is 5.91 Å². The van der Waals surface area contributed by atoms with Crippen LogP contribution in [0.1, 0.15) is 17.4 Å². The predicted molar refractivity (Wildman–Crippen MR) is 102 cm³/mol. The quantitative estimate of drug-likeness (QED) is 0.641. The number of carbonyl (C=O) groups is 1. The average Bonchev–Trinajstić information content (AvgIpc) is 3.33. The molecule has 7 nitrogen and oxygen atoms in total. The molecule has 0 aliphatic carbocycles. The number of anilines is 1. The van der Waals surface area contributed by atoms with Gasteiger partial charge in [0, 0.05) is 45.0 Å². The Hall–Kier alpha value is -2.82. The van der Waals surface area contributed by atoms with Gasteiger partial charge >= 0.3 is 6.36 Å². The highest BCUT2D eigenvalue weighted by Crippen LogP contribution is 2.33. The molecule has 2 aromatic heterocycles. The third kappa shape index (κ3) is 4.29. The van der Waals surface area contributed by atoms with Gasteiger partial charge in [-0.25, -0.2) is 4.98 Å². The van der Waals surface area contributed by atoms with Crippen LogP contribution in [-0.4, -0.2) is 58.1 Å². The number of alkyl halides is 3. The molecule has 0 spiro atoms. The molecule has 4 rings (SSSR count). The number of hydrogen-bond donors (Lipinski definition) is 0. The molecule has 3 heterocycles. The van der Waals surface area contributed by atoms with Crippen molar-refractivity contribution in [3.05, 3.63) is 36.2 Å². The lowest BCUT2D eigenvalue weighted by Crippen LogP contribution is -2.48. The molecule has 0 atom stereocenters. The summed E-state index contributed by atoms with van der Waals surface area (Å²) in [6, 6.07) is 5.83. The van der Waals surface area contributed by atoms with Crippen molar-refractivity contribution < 1.29 is 22.7 Å². The number of thiazole rings is 1. The molecule has 0 saturated carbocycles. The van der Waals surface area contributed by atoms with Crippen molar-refractivity contribution in [2.75, 3.05) is 31.1 Å². The number of ether oxygens (including phenoxy) is 1. The van der Waals surface area contributed by atoms with Gasteiger partial charge in [0.15, 0.2) is 5.13 Å². The summed E-state index contributed by atoms with van der Waals surface area (Å²) in [4.78, 5) is 20.9. The molecule has 1 aliphatic heterocycles. The number of halogens is 3. The van der Waals surface area contributed by atoms with Gasteiger partial charge in [-0.3, -0.25) is 9.48 Å². The lowest BCUT2D eigenvalue weighted by atomic mass is 10.3. The number of fused-ring (bicyclic) bond motifs is 1. The third-order valence-electron chi connectivity index (χ3n) is 4.60. The Morgan fingerprint density at radius 3 is 2.62 bits per heavy atom. The summed E-state index contributed by atoms with van der Waals surface area (Å²) in [6.07, 6.45) is -2.95. The number of hydrogen-bond acceptors (Lipinski definition) is 6. The van der Waals surface area contributed by atoms with E-state index in [0.29, 0.717) is 53.8 Å². The van der Waals surface area contributed by atoms with E-state index in [1.807, 2.05) is 11.8 Å². The number of aryl methyl sites for hydroxylation is 1. The van der Waals surface area contributed by atoms with E-state index in [4.69, 9.17) is 0 Å². The van der Waals surface area contributed by atoms with E-state index in [1.165, 1.54) is 29.5 Å². The van der Waals surface area contributed by atoms with Gasteiger partial charge in [-0.05, 0) is 25.1 Å². The molecule has 0 bridgehead atoms. The number of nitrogens with zero attached hydrogens (tertiary/aromatic N) is 5. The number of rotatable bonds is 4. The van der Waals surface area contributed by atoms with Crippen molar-refractivity contribution in [1.82, 2.24) is 19.7 Å². The summed E-state index contributed by atoms with van der Waals surface area (Å²) in [7, 11) is 0. The second-order valence-corrected chi connectivity index (χ2v) is 7.52. The van der Waals surface area contributed by atoms with Crippen molar-refractivity contribution in [1.29, 1.82) is 0 Å². The Morgan fingerprint density at radius 2 is 1.97 bits per heavy atom. The number of amides is 1. The first kappa shape index (κ1) is 19.5. The minimum atomic E-state index is -4.73. The second-order valence-electron chi connectivity index (χ2n) is 6.51. The number of carbonyl (C=O) groups excluding carboxylic acids is 1. The maximum Gasteiger partial charge on any atom is 0.573 e. The Morgan fingerprint density at radius 1 is 1.21 bits per heavy atom. The van der Waals surface area contributed by atoms with Crippen molar-refractivity contribution in [3.63, 3.8) is 0 Å². The maximum atomic E-state index is 12.6. The fourth-order valence-electron chi connectivity index (χ4n) is 3.14. The summed E-state index contributed by atoms with van der Waals surface area (Å²) >= 11 is 1.30. The van der Waals surface area contributed by atoms with Crippen LogP contribution in [0.5, 0.6) is 5.75 Å². The smallest absolute Gasteiger partial charge is 0.406 e. The largest absolute Gasteiger partial charge is 0.573 e. The molecule has 1 amide bonds. The van der Waals surface area contributed by atoms with E-state index < -0.39 is 6.36 Å². The Balaban J connectivity index is 1.42. The first-order valence-electron chi connectivity index (χ1n) is 9.06. The Labute approximate surface area is 168 Å². The van der Waals surface area contributed by atoms with Gasteiger partial charge < -0.3 is 14.5 Å². The van der Waals surface area contributed by atoms with Crippen LogP contribution < -0.4 is 9.64 Å². The highest BCUT2D eigenvalue weighted by atomic mass is 32.1. The number of piperazine rings is 1. The molecule has 3 aromatic rings. The minimum absolute atomic E-state index is 0.102. The zero-order chi connectivity index (χ0) is 20.6. The van der Waals surface area contributed by atoms with E-state index in [1.54, 1.807) is 21.8 Å². The maximum absolute atomic E-state index is 12.6. The van der Waals surface area contributed by atoms with Crippen molar-refractivity contribution in [2.45, 2.75) is 19.8 Å². The van der Waals surface area contributed by atoms with Gasteiger partial charge in [-0.15, -0.1) is 13.2 Å². The molecule has 0 N–H and O–H groups in total. The predicted octanol–water partition coefficient (Wildman–Crippen LogP) is 3.37. The van der Waals surface area contributed by atoms with Crippen LogP contribution >= 0.6 is 11.3 Å². The Bertz CT molecular complexity index is 1020. The van der Waals surface area contributed by atoms with E-state index in [9.17, 15) is 18.0 Å². The normalized spacial score (nSPS) is 15.2. The molecule has 1 aromatic carbocycles. The van der Waals surface area contributed by atoms with Crippen LogP contribution in [0.4, 0.5) is 18.3 Å². The van der Waals surface area contributed by atoms with Gasteiger partial charge in [0.1, 0.15) is 11.4 Å². The molecule has 1 aliphatic rings. The summed E-state index contributed by atoms with van der Waals surface area (Å²) in [5.41, 5.74) is 1.04. The minimum Gasteiger partial charge on any atom is -0.406 e. The van der Waals surface area contributed by atoms with Crippen LogP contribution in [0, 0.1) is 0 Å². The second kappa shape index (κ2) is 7.54. The molecular formula is C18H18F3N5O2S. The summed E-state index contributed by atoms with van der Waals surface area (Å²) in [5.74, 6) is -0.364. The summed E-state index contributed by atoms with van der Waals surface area (Å²) in [5, 5.41) is 4.97. The van der Waals surface area contributed by atoms with Gasteiger partial charge in [-0.1, -0.05) is 11.3 Å². The fraction of sp³-hybridized carbons (Fsp3) is 0.389. The third-order valence-corrected chi connectivity index (χ3v) is 5.68. The first-order valence-corrected chi connectivity index (χ1v) is 9.88. The standard InChI is InChI=1S/C18H18F3N5O2S/c1-2-26-6-5-14(23-26)16(27)24-7-9-25(10-8-24)17-22-13-4-3-12(11-15(13)29-17)28-18(19,20)21/h3-6,11H,2,7-10H2,1H3. The van der Waals surface area contributed by atoms with E-state index in [2.05, 4.69) is 14.8 Å². The van der Waals surface area contributed by atoms with E-state index in [-0.39, 0.29) is 11.7 Å². The van der Waals surface area contributed by atoms with Crippen LogP contribution in [0.15, 0.2) is 30.5 Å². The fourth-order valence-corrected chi connectivity index (χ4v) is 4.19. The number of benzene rings is 1. The zero-order valence-corrected chi connectivity index (χ0v) is 16.3. The molecule has 11 heteroatoms. The Kier molecular flexibility index (Phi) is 5.07. The molecular weight excluding hydrogens is 407 g/mol. The zero-order valence-electron chi connectivity index (χ0n) is 15.5. The summed E-state index contributed by atoms with van der Waals surface area (Å²) in [6.45, 7) is 4.88. The van der Waals surface area contributed by atoms with Crippen molar-refractivity contribution in [3.8, 4) is 5.75 Å². The van der Waals surface area contributed by atoms with Gasteiger partial charge in [-0.2, -0.15) is 5.10 Å². The molecule has 0 radical (unpaired) electrons. The molecule has 0 unspecified atom stereocenters.